The molecule has 1 amide bonds. The number of hydrogen-bond donors (Lipinski definition) is 2. The molecule has 1 aliphatic rings. The van der Waals surface area contributed by atoms with Crippen molar-refractivity contribution in [2.45, 2.75) is 37.4 Å². The highest BCUT2D eigenvalue weighted by Gasteiger charge is 2.52. The summed E-state index contributed by atoms with van der Waals surface area (Å²) in [6, 6.07) is 4.61. The number of pyridine rings is 1. The SMILES string of the molecule is CC(NC(=O)C1(c2ccccn2)CC1)c1nc(C(F)(F)F)n[nH]1. The first kappa shape index (κ1) is 15.4. The minimum absolute atomic E-state index is 0.0394. The predicted molar refractivity (Wildman–Crippen MR) is 73.1 cm³/mol. The van der Waals surface area contributed by atoms with Gasteiger partial charge in [-0.3, -0.25) is 14.9 Å². The Labute approximate surface area is 129 Å². The first-order chi connectivity index (χ1) is 10.8. The van der Waals surface area contributed by atoms with Crippen LogP contribution in [0, 0.1) is 0 Å². The Morgan fingerprint density at radius 2 is 2.13 bits per heavy atom. The highest BCUT2D eigenvalue weighted by molar-refractivity contribution is 5.90. The van der Waals surface area contributed by atoms with E-state index in [0.717, 1.165) is 0 Å². The van der Waals surface area contributed by atoms with Crippen LogP contribution in [0.1, 0.15) is 43.1 Å². The molecule has 2 N–H and O–H groups in total. The van der Waals surface area contributed by atoms with E-state index in [-0.39, 0.29) is 11.7 Å². The van der Waals surface area contributed by atoms with Crippen molar-refractivity contribution >= 4 is 5.91 Å². The zero-order valence-corrected chi connectivity index (χ0v) is 12.2. The molecule has 6 nitrogen and oxygen atoms in total. The molecule has 1 aliphatic carbocycles. The zero-order valence-electron chi connectivity index (χ0n) is 12.2. The Morgan fingerprint density at radius 3 is 2.65 bits per heavy atom. The second kappa shape index (κ2) is 5.32. The number of nitrogens with one attached hydrogen (secondary N) is 2. The number of aromatic nitrogens is 4. The molecule has 0 saturated heterocycles. The molecule has 3 rings (SSSR count). The number of rotatable bonds is 4. The topological polar surface area (TPSA) is 83.6 Å². The molecule has 2 aromatic heterocycles. The van der Waals surface area contributed by atoms with Gasteiger partial charge in [-0.25, -0.2) is 4.98 Å². The van der Waals surface area contributed by atoms with Gasteiger partial charge >= 0.3 is 6.18 Å². The van der Waals surface area contributed by atoms with Gasteiger partial charge in [0.1, 0.15) is 5.82 Å². The van der Waals surface area contributed by atoms with Gasteiger partial charge in [0.2, 0.25) is 5.91 Å². The Morgan fingerprint density at radius 1 is 1.39 bits per heavy atom. The van der Waals surface area contributed by atoms with Gasteiger partial charge in [-0.15, -0.1) is 5.10 Å². The molecule has 1 saturated carbocycles. The van der Waals surface area contributed by atoms with E-state index >= 15 is 0 Å². The average molecular weight is 325 g/mol. The summed E-state index contributed by atoms with van der Waals surface area (Å²) >= 11 is 0. The molecule has 0 spiro atoms. The Kier molecular flexibility index (Phi) is 3.57. The van der Waals surface area contributed by atoms with Gasteiger partial charge in [0, 0.05) is 6.20 Å². The van der Waals surface area contributed by atoms with E-state index in [1.165, 1.54) is 0 Å². The van der Waals surface area contributed by atoms with Gasteiger partial charge in [-0.1, -0.05) is 6.07 Å². The largest absolute Gasteiger partial charge is 0.453 e. The van der Waals surface area contributed by atoms with Crippen LogP contribution in [-0.4, -0.2) is 26.1 Å². The third kappa shape index (κ3) is 2.90. The zero-order chi connectivity index (χ0) is 16.7. The molecule has 9 heteroatoms. The molecule has 1 atom stereocenters. The van der Waals surface area contributed by atoms with Crippen LogP contribution in [0.4, 0.5) is 13.2 Å². The lowest BCUT2D eigenvalue weighted by atomic mass is 10.00. The lowest BCUT2D eigenvalue weighted by molar-refractivity contribution is -0.144. The third-order valence-electron chi connectivity index (χ3n) is 3.85. The van der Waals surface area contributed by atoms with Crippen molar-refractivity contribution in [3.63, 3.8) is 0 Å². The predicted octanol–water partition coefficient (Wildman–Crippen LogP) is 2.13. The molecule has 122 valence electrons. The smallest absolute Gasteiger partial charge is 0.346 e. The number of carbonyl (C=O) groups is 1. The maximum atomic E-state index is 12.5. The maximum absolute atomic E-state index is 12.5. The summed E-state index contributed by atoms with van der Waals surface area (Å²) in [7, 11) is 0. The van der Waals surface area contributed by atoms with Crippen LogP contribution < -0.4 is 5.32 Å². The van der Waals surface area contributed by atoms with Crippen LogP contribution in [-0.2, 0) is 16.4 Å². The number of aromatic amines is 1. The van der Waals surface area contributed by atoms with Crippen molar-refractivity contribution in [2.24, 2.45) is 0 Å². The monoisotopic (exact) mass is 325 g/mol. The number of carbonyl (C=O) groups excluding carboxylic acids is 1. The maximum Gasteiger partial charge on any atom is 0.453 e. The van der Waals surface area contributed by atoms with Crippen LogP contribution in [0.25, 0.3) is 0 Å². The second-order valence-electron chi connectivity index (χ2n) is 5.53. The van der Waals surface area contributed by atoms with Crippen molar-refractivity contribution in [1.29, 1.82) is 0 Å². The highest BCUT2D eigenvalue weighted by atomic mass is 19.4. The first-order valence-corrected chi connectivity index (χ1v) is 7.05. The van der Waals surface area contributed by atoms with E-state index in [0.29, 0.717) is 18.5 Å². The average Bonchev–Trinajstić information content (AvgIpc) is 3.16. The van der Waals surface area contributed by atoms with Crippen LogP contribution >= 0.6 is 0 Å². The number of nitrogens with zero attached hydrogens (tertiary/aromatic N) is 3. The van der Waals surface area contributed by atoms with E-state index in [2.05, 4.69) is 25.5 Å². The van der Waals surface area contributed by atoms with Gasteiger partial charge in [0.15, 0.2) is 0 Å². The highest BCUT2D eigenvalue weighted by Crippen LogP contribution is 2.47. The molecular formula is C14H14F3N5O. The molecular weight excluding hydrogens is 311 g/mol. The summed E-state index contributed by atoms with van der Waals surface area (Å²) in [5.74, 6) is -1.56. The summed E-state index contributed by atoms with van der Waals surface area (Å²) < 4.78 is 37.5. The Hall–Kier alpha value is -2.45. The third-order valence-corrected chi connectivity index (χ3v) is 3.85. The quantitative estimate of drug-likeness (QED) is 0.902. The fourth-order valence-corrected chi connectivity index (χ4v) is 2.37. The molecule has 0 bridgehead atoms. The first-order valence-electron chi connectivity index (χ1n) is 7.05. The summed E-state index contributed by atoms with van der Waals surface area (Å²) in [6.07, 6.45) is -1.69. The summed E-state index contributed by atoms with van der Waals surface area (Å²) in [5.41, 5.74) is -0.0270. The van der Waals surface area contributed by atoms with Gasteiger partial charge in [-0.2, -0.15) is 13.2 Å². The van der Waals surface area contributed by atoms with Gasteiger partial charge < -0.3 is 5.32 Å². The Bertz CT molecular complexity index is 709. The molecule has 23 heavy (non-hydrogen) atoms. The van der Waals surface area contributed by atoms with Crippen molar-refractivity contribution in [3.05, 3.63) is 41.7 Å². The van der Waals surface area contributed by atoms with Crippen LogP contribution in [0.2, 0.25) is 0 Å². The van der Waals surface area contributed by atoms with Crippen molar-refractivity contribution in [3.8, 4) is 0 Å². The van der Waals surface area contributed by atoms with Crippen molar-refractivity contribution in [2.75, 3.05) is 0 Å². The fraction of sp³-hybridized carbons (Fsp3) is 0.429. The number of alkyl halides is 3. The minimum Gasteiger partial charge on any atom is -0.346 e. The summed E-state index contributed by atoms with van der Waals surface area (Å²) in [6.45, 7) is 1.55. The lowest BCUT2D eigenvalue weighted by Crippen LogP contribution is -2.37. The van der Waals surface area contributed by atoms with Gasteiger partial charge in [-0.05, 0) is 31.9 Å². The van der Waals surface area contributed by atoms with E-state index in [1.807, 2.05) is 0 Å². The standard InChI is InChI=1S/C14H14F3N5O/c1-8(10-20-11(22-21-10)14(15,16)17)19-12(23)13(5-6-13)9-4-2-3-7-18-9/h2-4,7-8H,5-6H2,1H3,(H,19,23)(H,20,21,22). The normalized spacial score (nSPS) is 17.6. The summed E-state index contributed by atoms with van der Waals surface area (Å²) in [4.78, 5) is 20.1. The molecule has 0 aromatic carbocycles. The number of amides is 1. The Balaban J connectivity index is 1.72. The molecule has 1 fully saturated rings. The molecule has 0 aliphatic heterocycles. The van der Waals surface area contributed by atoms with E-state index in [4.69, 9.17) is 0 Å². The van der Waals surface area contributed by atoms with Crippen molar-refractivity contribution in [1.82, 2.24) is 25.5 Å². The second-order valence-corrected chi connectivity index (χ2v) is 5.53. The fourth-order valence-electron chi connectivity index (χ4n) is 2.37. The van der Waals surface area contributed by atoms with Gasteiger partial charge in [0.05, 0.1) is 17.2 Å². The van der Waals surface area contributed by atoms with Gasteiger partial charge in [0.25, 0.3) is 5.82 Å². The molecule has 2 heterocycles. The number of hydrogen-bond acceptors (Lipinski definition) is 4. The van der Waals surface area contributed by atoms with E-state index in [1.54, 1.807) is 31.3 Å². The number of halogens is 3. The number of H-pyrrole nitrogens is 1. The molecule has 0 radical (unpaired) electrons. The minimum atomic E-state index is -4.62. The van der Waals surface area contributed by atoms with Crippen LogP contribution in [0.5, 0.6) is 0 Å². The molecule has 1 unspecified atom stereocenters. The lowest BCUT2D eigenvalue weighted by Gasteiger charge is -2.17. The van der Waals surface area contributed by atoms with Crippen LogP contribution in [0.15, 0.2) is 24.4 Å². The van der Waals surface area contributed by atoms with E-state index < -0.39 is 23.5 Å². The van der Waals surface area contributed by atoms with Crippen molar-refractivity contribution < 1.29 is 18.0 Å². The van der Waals surface area contributed by atoms with E-state index in [9.17, 15) is 18.0 Å². The summed E-state index contributed by atoms with van der Waals surface area (Å²) in [5, 5.41) is 8.03. The van der Waals surface area contributed by atoms with Crippen LogP contribution in [0.3, 0.4) is 0 Å². The molecule has 2 aromatic rings.